The lowest BCUT2D eigenvalue weighted by molar-refractivity contribution is 0.387. The van der Waals surface area contributed by atoms with Gasteiger partial charge in [0.2, 0.25) is 5.89 Å². The molecule has 8 heteroatoms. The van der Waals surface area contributed by atoms with E-state index in [1.807, 2.05) is 31.0 Å². The highest BCUT2D eigenvalue weighted by Gasteiger charge is 2.10. The highest BCUT2D eigenvalue weighted by Crippen LogP contribution is 2.17. The van der Waals surface area contributed by atoms with Crippen LogP contribution in [0.4, 0.5) is 5.82 Å². The zero-order chi connectivity index (χ0) is 17.1. The van der Waals surface area contributed by atoms with Gasteiger partial charge in [0.05, 0.1) is 6.54 Å². The van der Waals surface area contributed by atoms with Crippen molar-refractivity contribution in [2.75, 3.05) is 11.9 Å². The fourth-order valence-corrected chi connectivity index (χ4v) is 2.28. The van der Waals surface area contributed by atoms with Crippen LogP contribution in [0.2, 0.25) is 0 Å². The van der Waals surface area contributed by atoms with Crippen LogP contribution in [0.5, 0.6) is 0 Å². The van der Waals surface area contributed by atoms with E-state index in [0.717, 1.165) is 17.1 Å². The largest absolute Gasteiger partial charge is 0.352 e. The first-order valence-electron chi connectivity index (χ1n) is 7.62. The predicted molar refractivity (Wildman–Crippen MR) is 88.6 cm³/mol. The fraction of sp³-hybridized carbons (Fsp3) is 0.312. The molecule has 124 valence electrons. The molecule has 1 N–H and O–H groups in total. The lowest BCUT2D eigenvalue weighted by atomic mass is 10.2. The minimum absolute atomic E-state index is 0.162. The number of nitrogens with zero attached hydrogens (tertiary/aromatic N) is 5. The molecule has 3 aromatic heterocycles. The van der Waals surface area contributed by atoms with E-state index in [9.17, 15) is 4.79 Å². The van der Waals surface area contributed by atoms with Crippen LogP contribution in [0.15, 0.2) is 33.7 Å². The van der Waals surface area contributed by atoms with E-state index in [2.05, 4.69) is 25.1 Å². The molecule has 0 fully saturated rings. The molecule has 24 heavy (non-hydrogen) atoms. The van der Waals surface area contributed by atoms with Gasteiger partial charge >= 0.3 is 0 Å². The zero-order valence-electron chi connectivity index (χ0n) is 13.8. The summed E-state index contributed by atoms with van der Waals surface area (Å²) in [5, 5.41) is 3.87. The molecule has 0 unspecified atom stereocenters. The van der Waals surface area contributed by atoms with Crippen molar-refractivity contribution in [2.24, 2.45) is 0 Å². The van der Waals surface area contributed by atoms with Crippen molar-refractivity contribution in [1.29, 1.82) is 0 Å². The topological polar surface area (TPSA) is 101 Å². The zero-order valence-corrected chi connectivity index (χ0v) is 13.8. The van der Waals surface area contributed by atoms with Crippen LogP contribution in [0, 0.1) is 6.92 Å². The van der Waals surface area contributed by atoms with Gasteiger partial charge in [0, 0.05) is 37.5 Å². The van der Waals surface area contributed by atoms with Crippen molar-refractivity contribution >= 4 is 5.82 Å². The predicted octanol–water partition coefficient (Wildman–Crippen LogP) is 1.72. The molecular formula is C16H18N6O2. The van der Waals surface area contributed by atoms with E-state index in [0.29, 0.717) is 30.5 Å². The molecule has 0 saturated carbocycles. The van der Waals surface area contributed by atoms with Crippen molar-refractivity contribution in [2.45, 2.75) is 26.8 Å². The highest BCUT2D eigenvalue weighted by molar-refractivity contribution is 5.56. The number of nitrogens with one attached hydrogen (secondary N) is 1. The normalized spacial score (nSPS) is 10.8. The maximum Gasteiger partial charge on any atom is 0.251 e. The third-order valence-electron chi connectivity index (χ3n) is 3.52. The lowest BCUT2D eigenvalue weighted by Crippen LogP contribution is -2.18. The van der Waals surface area contributed by atoms with Crippen molar-refractivity contribution in [3.8, 4) is 11.4 Å². The molecule has 0 atom stereocenters. The van der Waals surface area contributed by atoms with Crippen molar-refractivity contribution < 1.29 is 4.52 Å². The molecule has 0 aliphatic carbocycles. The molecular weight excluding hydrogens is 308 g/mol. The Kier molecular flexibility index (Phi) is 4.37. The molecule has 0 aliphatic rings. The van der Waals surface area contributed by atoms with E-state index in [1.165, 1.54) is 6.07 Å². The lowest BCUT2D eigenvalue weighted by Gasteiger charge is -2.16. The molecule has 0 bridgehead atoms. The number of aryl methyl sites for hydroxylation is 2. The Hall–Kier alpha value is -3.03. The second-order valence-corrected chi connectivity index (χ2v) is 5.43. The Balaban J connectivity index is 1.80. The van der Waals surface area contributed by atoms with Crippen LogP contribution in [0.1, 0.15) is 24.3 Å². The quantitative estimate of drug-likeness (QED) is 0.761. The van der Waals surface area contributed by atoms with E-state index in [1.54, 1.807) is 13.1 Å². The Morgan fingerprint density at radius 2 is 2.12 bits per heavy atom. The van der Waals surface area contributed by atoms with E-state index < -0.39 is 0 Å². The third kappa shape index (κ3) is 3.48. The number of pyridine rings is 1. The van der Waals surface area contributed by atoms with E-state index >= 15 is 0 Å². The number of aromatic amines is 1. The summed E-state index contributed by atoms with van der Waals surface area (Å²) < 4.78 is 4.96. The minimum atomic E-state index is -0.162. The van der Waals surface area contributed by atoms with Crippen LogP contribution in [-0.2, 0) is 13.0 Å². The van der Waals surface area contributed by atoms with Gasteiger partial charge in [-0.15, -0.1) is 0 Å². The molecule has 8 nitrogen and oxygen atoms in total. The van der Waals surface area contributed by atoms with Gasteiger partial charge in [0.1, 0.15) is 11.6 Å². The second kappa shape index (κ2) is 6.61. The summed E-state index contributed by atoms with van der Waals surface area (Å²) in [5.74, 6) is 2.42. The third-order valence-corrected chi connectivity index (χ3v) is 3.52. The van der Waals surface area contributed by atoms with Crippen LogP contribution in [-0.4, -0.2) is 32.1 Å². The first-order chi connectivity index (χ1) is 11.5. The Morgan fingerprint density at radius 3 is 2.75 bits per heavy atom. The molecule has 0 radical (unpaired) electrons. The van der Waals surface area contributed by atoms with Crippen molar-refractivity contribution in [3.63, 3.8) is 0 Å². The number of hydrogen-bond donors (Lipinski definition) is 1. The Labute approximate surface area is 138 Å². The Morgan fingerprint density at radius 1 is 1.29 bits per heavy atom. The standard InChI is InChI=1S/C16H18N6O2/c1-4-12-7-15(23)20-16(19-12)11-5-6-14(17-8-11)22(3)9-13-18-10(2)24-21-13/h5-8H,4,9H2,1-3H3,(H,19,20,23). The maximum absolute atomic E-state index is 11.7. The monoisotopic (exact) mass is 326 g/mol. The van der Waals surface area contributed by atoms with Gasteiger partial charge in [-0.05, 0) is 18.6 Å². The molecule has 0 spiro atoms. The van der Waals surface area contributed by atoms with Gasteiger partial charge in [-0.3, -0.25) is 4.79 Å². The number of hydrogen-bond acceptors (Lipinski definition) is 7. The van der Waals surface area contributed by atoms with Gasteiger partial charge in [-0.25, -0.2) is 9.97 Å². The minimum Gasteiger partial charge on any atom is -0.352 e. The summed E-state index contributed by atoms with van der Waals surface area (Å²) in [5.41, 5.74) is 1.35. The maximum atomic E-state index is 11.7. The summed E-state index contributed by atoms with van der Waals surface area (Å²) in [4.78, 5) is 29.3. The van der Waals surface area contributed by atoms with Gasteiger partial charge in [-0.2, -0.15) is 4.98 Å². The van der Waals surface area contributed by atoms with Crippen LogP contribution in [0.25, 0.3) is 11.4 Å². The number of H-pyrrole nitrogens is 1. The number of rotatable bonds is 5. The Bertz CT molecular complexity index is 884. The summed E-state index contributed by atoms with van der Waals surface area (Å²) in [6.07, 6.45) is 2.39. The van der Waals surface area contributed by atoms with Gasteiger partial charge in [0.25, 0.3) is 5.56 Å². The van der Waals surface area contributed by atoms with Crippen LogP contribution in [0.3, 0.4) is 0 Å². The van der Waals surface area contributed by atoms with E-state index in [-0.39, 0.29) is 5.56 Å². The summed E-state index contributed by atoms with van der Waals surface area (Å²) >= 11 is 0. The molecule has 0 amide bonds. The summed E-state index contributed by atoms with van der Waals surface area (Å²) in [6.45, 7) is 4.20. The molecule has 0 aliphatic heterocycles. The molecule has 3 aromatic rings. The molecule has 0 aromatic carbocycles. The summed E-state index contributed by atoms with van der Waals surface area (Å²) in [7, 11) is 1.89. The molecule has 3 heterocycles. The fourth-order valence-electron chi connectivity index (χ4n) is 2.28. The first-order valence-corrected chi connectivity index (χ1v) is 7.62. The van der Waals surface area contributed by atoms with Crippen LogP contribution < -0.4 is 10.5 Å². The molecule has 3 rings (SSSR count). The van der Waals surface area contributed by atoms with Crippen LogP contribution >= 0.6 is 0 Å². The van der Waals surface area contributed by atoms with Crippen molar-refractivity contribution in [3.05, 3.63) is 52.2 Å². The first kappa shape index (κ1) is 15.9. The van der Waals surface area contributed by atoms with Gasteiger partial charge < -0.3 is 14.4 Å². The summed E-state index contributed by atoms with van der Waals surface area (Å²) in [6, 6.07) is 5.24. The average molecular weight is 326 g/mol. The highest BCUT2D eigenvalue weighted by atomic mass is 16.5. The van der Waals surface area contributed by atoms with Crippen molar-refractivity contribution in [1.82, 2.24) is 25.1 Å². The number of aromatic nitrogens is 5. The van der Waals surface area contributed by atoms with E-state index in [4.69, 9.17) is 4.52 Å². The smallest absolute Gasteiger partial charge is 0.251 e. The average Bonchev–Trinajstić information content (AvgIpc) is 2.99. The second-order valence-electron chi connectivity index (χ2n) is 5.43. The van der Waals surface area contributed by atoms with Gasteiger partial charge in [-0.1, -0.05) is 12.1 Å². The SMILES string of the molecule is CCc1cc(=O)[nH]c(-c2ccc(N(C)Cc3noc(C)n3)nc2)n1. The van der Waals surface area contributed by atoms with Gasteiger partial charge in [0.15, 0.2) is 5.82 Å². The molecule has 0 saturated heterocycles. The number of anilines is 1.